The van der Waals surface area contributed by atoms with Crippen molar-refractivity contribution in [1.82, 2.24) is 15.1 Å². The molecular weight excluding hydrogens is 419 g/mol. The van der Waals surface area contributed by atoms with Gasteiger partial charge < -0.3 is 19.7 Å². The highest BCUT2D eigenvalue weighted by atomic mass is 127. The molecule has 1 unspecified atom stereocenters. The van der Waals surface area contributed by atoms with Gasteiger partial charge in [0.25, 0.3) is 0 Å². The van der Waals surface area contributed by atoms with Gasteiger partial charge >= 0.3 is 0 Å². The van der Waals surface area contributed by atoms with Crippen molar-refractivity contribution in [3.05, 3.63) is 0 Å². The molecule has 1 spiro atoms. The lowest BCUT2D eigenvalue weighted by atomic mass is 9.87. The van der Waals surface area contributed by atoms with Crippen LogP contribution >= 0.6 is 24.0 Å². The molecule has 24 heavy (non-hydrogen) atoms. The third-order valence-electron chi connectivity index (χ3n) is 5.35. The molecule has 1 atom stereocenters. The average molecular weight is 452 g/mol. The van der Waals surface area contributed by atoms with Gasteiger partial charge in [0.1, 0.15) is 0 Å². The van der Waals surface area contributed by atoms with Crippen molar-refractivity contribution in [3.63, 3.8) is 0 Å². The Bertz CT molecular complexity index is 438. The molecule has 140 valence electrons. The van der Waals surface area contributed by atoms with Crippen molar-refractivity contribution in [2.45, 2.75) is 32.3 Å². The van der Waals surface area contributed by atoms with E-state index in [0.29, 0.717) is 5.41 Å². The van der Waals surface area contributed by atoms with E-state index in [1.807, 2.05) is 7.05 Å². The highest BCUT2D eigenvalue weighted by molar-refractivity contribution is 14.0. The van der Waals surface area contributed by atoms with Crippen LogP contribution in [-0.2, 0) is 9.47 Å². The number of aliphatic imine (C=N–C) groups is 1. The van der Waals surface area contributed by atoms with Crippen molar-refractivity contribution in [3.8, 4) is 0 Å². The first-order valence-corrected chi connectivity index (χ1v) is 8.92. The van der Waals surface area contributed by atoms with E-state index in [0.717, 1.165) is 65.0 Å². The number of nitrogens with one attached hydrogen (secondary N) is 1. The summed E-state index contributed by atoms with van der Waals surface area (Å²) in [5.41, 5.74) is 0.357. The number of morpholine rings is 1. The van der Waals surface area contributed by atoms with Crippen LogP contribution < -0.4 is 5.32 Å². The number of halogens is 1. The zero-order valence-electron chi connectivity index (χ0n) is 15.3. The van der Waals surface area contributed by atoms with Gasteiger partial charge in [0, 0.05) is 58.3 Å². The number of rotatable bonds is 3. The average Bonchev–Trinajstić information content (AvgIpc) is 3.13. The molecule has 3 fully saturated rings. The van der Waals surface area contributed by atoms with E-state index in [2.05, 4.69) is 34.0 Å². The number of ether oxygens (including phenoxy) is 2. The van der Waals surface area contributed by atoms with Crippen LogP contribution in [0.3, 0.4) is 0 Å². The maximum absolute atomic E-state index is 5.77. The lowest BCUT2D eigenvalue weighted by Gasteiger charge is -2.38. The Morgan fingerprint density at radius 2 is 2.00 bits per heavy atom. The summed E-state index contributed by atoms with van der Waals surface area (Å²) in [6, 6.07) is 0. The highest BCUT2D eigenvalue weighted by Gasteiger charge is 2.42. The first-order valence-electron chi connectivity index (χ1n) is 8.92. The van der Waals surface area contributed by atoms with Gasteiger partial charge in [0.2, 0.25) is 0 Å². The molecule has 3 aliphatic heterocycles. The van der Waals surface area contributed by atoms with Crippen molar-refractivity contribution < 1.29 is 9.47 Å². The van der Waals surface area contributed by atoms with Crippen molar-refractivity contribution >= 4 is 29.9 Å². The molecule has 0 saturated carbocycles. The van der Waals surface area contributed by atoms with Gasteiger partial charge in [-0.1, -0.05) is 0 Å². The molecular formula is C17H33IN4O2. The maximum atomic E-state index is 5.77. The first-order chi connectivity index (χ1) is 11.0. The SMILES string of the molecule is CN=C(NCCN1CCOC(C)(C)C1)N1CCC2(CCOC2)C1.I. The summed E-state index contributed by atoms with van der Waals surface area (Å²) in [6.45, 7) is 13.2. The minimum atomic E-state index is -0.0241. The predicted octanol–water partition coefficient (Wildman–Crippen LogP) is 1.40. The lowest BCUT2D eigenvalue weighted by Crippen LogP contribution is -2.51. The lowest BCUT2D eigenvalue weighted by molar-refractivity contribution is -0.0852. The smallest absolute Gasteiger partial charge is 0.193 e. The van der Waals surface area contributed by atoms with Crippen LogP contribution in [0.25, 0.3) is 0 Å². The maximum Gasteiger partial charge on any atom is 0.193 e. The molecule has 3 rings (SSSR count). The number of likely N-dealkylation sites (tertiary alicyclic amines) is 1. The summed E-state index contributed by atoms with van der Waals surface area (Å²) in [5.74, 6) is 1.04. The second kappa shape index (κ2) is 8.51. The Labute approximate surface area is 163 Å². The Morgan fingerprint density at radius 3 is 2.67 bits per heavy atom. The van der Waals surface area contributed by atoms with Gasteiger partial charge in [-0.3, -0.25) is 9.89 Å². The zero-order valence-corrected chi connectivity index (χ0v) is 17.7. The Hall–Kier alpha value is -0.120. The van der Waals surface area contributed by atoms with Crippen molar-refractivity contribution in [2.24, 2.45) is 10.4 Å². The van der Waals surface area contributed by atoms with E-state index < -0.39 is 0 Å². The molecule has 3 saturated heterocycles. The van der Waals surface area contributed by atoms with Crippen LogP contribution in [0.1, 0.15) is 26.7 Å². The fourth-order valence-corrected chi connectivity index (χ4v) is 4.05. The summed E-state index contributed by atoms with van der Waals surface area (Å²) in [6.07, 6.45) is 2.43. The molecule has 7 heteroatoms. The Kier molecular flexibility index (Phi) is 7.16. The summed E-state index contributed by atoms with van der Waals surface area (Å²) in [7, 11) is 1.89. The summed E-state index contributed by atoms with van der Waals surface area (Å²) in [5, 5.41) is 3.54. The van der Waals surface area contributed by atoms with Gasteiger partial charge in [-0.05, 0) is 26.7 Å². The minimum absolute atomic E-state index is 0. The molecule has 3 aliphatic rings. The molecule has 0 aliphatic carbocycles. The second-order valence-corrected chi connectivity index (χ2v) is 7.83. The van der Waals surface area contributed by atoms with Crippen LogP contribution in [0.15, 0.2) is 4.99 Å². The van der Waals surface area contributed by atoms with E-state index in [4.69, 9.17) is 9.47 Å². The van der Waals surface area contributed by atoms with E-state index in [-0.39, 0.29) is 29.6 Å². The molecule has 0 aromatic heterocycles. The third kappa shape index (κ3) is 4.95. The van der Waals surface area contributed by atoms with Crippen LogP contribution in [0.4, 0.5) is 0 Å². The molecule has 0 bridgehead atoms. The topological polar surface area (TPSA) is 49.3 Å². The van der Waals surface area contributed by atoms with Crippen molar-refractivity contribution in [1.29, 1.82) is 0 Å². The first kappa shape index (κ1) is 20.2. The molecule has 1 N–H and O–H groups in total. The Balaban J connectivity index is 0.00000208. The molecule has 0 aromatic rings. The number of guanidine groups is 1. The van der Waals surface area contributed by atoms with Crippen LogP contribution in [0.2, 0.25) is 0 Å². The van der Waals surface area contributed by atoms with E-state index in [9.17, 15) is 0 Å². The summed E-state index contributed by atoms with van der Waals surface area (Å²) < 4.78 is 11.4. The predicted molar refractivity (Wildman–Crippen MR) is 107 cm³/mol. The van der Waals surface area contributed by atoms with Gasteiger partial charge in [0.15, 0.2) is 5.96 Å². The van der Waals surface area contributed by atoms with E-state index in [1.54, 1.807) is 0 Å². The second-order valence-electron chi connectivity index (χ2n) is 7.83. The van der Waals surface area contributed by atoms with Crippen molar-refractivity contribution in [2.75, 3.05) is 66.1 Å². The van der Waals surface area contributed by atoms with Gasteiger partial charge in [-0.2, -0.15) is 0 Å². The quantitative estimate of drug-likeness (QED) is 0.399. The largest absolute Gasteiger partial charge is 0.381 e. The molecule has 6 nitrogen and oxygen atoms in total. The fraction of sp³-hybridized carbons (Fsp3) is 0.941. The molecule has 0 aromatic carbocycles. The van der Waals surface area contributed by atoms with E-state index >= 15 is 0 Å². The fourth-order valence-electron chi connectivity index (χ4n) is 4.05. The summed E-state index contributed by atoms with van der Waals surface area (Å²) in [4.78, 5) is 9.36. The Morgan fingerprint density at radius 1 is 1.17 bits per heavy atom. The normalized spacial score (nSPS) is 30.6. The van der Waals surface area contributed by atoms with Crippen LogP contribution in [0, 0.1) is 5.41 Å². The molecule has 0 amide bonds. The van der Waals surface area contributed by atoms with Gasteiger partial charge in [-0.25, -0.2) is 0 Å². The van der Waals surface area contributed by atoms with Crippen LogP contribution in [0.5, 0.6) is 0 Å². The highest BCUT2D eigenvalue weighted by Crippen LogP contribution is 2.38. The standard InChI is InChI=1S/C17H32N4O2.HI/c1-16(2)12-20(9-11-23-16)8-6-19-15(18-3)21-7-4-17(13-21)5-10-22-14-17;/h4-14H2,1-3H3,(H,18,19);1H. The zero-order chi connectivity index (χ0) is 16.3. The van der Waals surface area contributed by atoms with Crippen LogP contribution in [-0.4, -0.2) is 87.5 Å². The molecule has 3 heterocycles. The van der Waals surface area contributed by atoms with Gasteiger partial charge in [0.05, 0.1) is 18.8 Å². The monoisotopic (exact) mass is 452 g/mol. The number of nitrogens with zero attached hydrogens (tertiary/aromatic N) is 3. The van der Waals surface area contributed by atoms with Gasteiger partial charge in [-0.15, -0.1) is 24.0 Å². The van der Waals surface area contributed by atoms with E-state index in [1.165, 1.54) is 12.8 Å². The minimum Gasteiger partial charge on any atom is -0.381 e. The number of hydrogen-bond donors (Lipinski definition) is 1. The summed E-state index contributed by atoms with van der Waals surface area (Å²) >= 11 is 0. The third-order valence-corrected chi connectivity index (χ3v) is 5.35. The molecule has 0 radical (unpaired) electrons. The number of hydrogen-bond acceptors (Lipinski definition) is 4.